The average molecular weight is 242 g/mol. The van der Waals surface area contributed by atoms with Crippen LogP contribution in [0.2, 0.25) is 0 Å². The van der Waals surface area contributed by atoms with Gasteiger partial charge in [-0.05, 0) is 45.3 Å². The van der Waals surface area contributed by atoms with Crippen molar-refractivity contribution in [2.24, 2.45) is 5.41 Å². The fourth-order valence-electron chi connectivity index (χ4n) is 2.44. The van der Waals surface area contributed by atoms with Gasteiger partial charge in [-0.1, -0.05) is 20.8 Å². The molecule has 0 spiro atoms. The molecule has 1 heterocycles. The molecule has 2 atom stereocenters. The van der Waals surface area contributed by atoms with E-state index in [1.54, 1.807) is 0 Å². The molecule has 1 aliphatic heterocycles. The molecule has 1 rings (SSSR count). The van der Waals surface area contributed by atoms with Crippen molar-refractivity contribution in [3.8, 4) is 0 Å². The predicted octanol–water partition coefficient (Wildman–Crippen LogP) is 1.81. The average Bonchev–Trinajstić information content (AvgIpc) is 2.59. The van der Waals surface area contributed by atoms with Crippen molar-refractivity contribution >= 4 is 0 Å². The third-order valence-electron chi connectivity index (χ3n) is 3.98. The molecule has 0 bridgehead atoms. The normalized spacial score (nSPS) is 24.5. The van der Waals surface area contributed by atoms with Crippen LogP contribution in [0.3, 0.4) is 0 Å². The molecular formula is C14H30N2O. The molecule has 2 unspecified atom stereocenters. The molecule has 3 heteroatoms. The zero-order valence-corrected chi connectivity index (χ0v) is 12.2. The third kappa shape index (κ3) is 4.94. The van der Waals surface area contributed by atoms with Crippen LogP contribution < -0.4 is 0 Å². The number of likely N-dealkylation sites (tertiary alicyclic amines) is 1. The van der Waals surface area contributed by atoms with Crippen LogP contribution >= 0.6 is 0 Å². The minimum atomic E-state index is -0.203. The van der Waals surface area contributed by atoms with E-state index in [2.05, 4.69) is 44.7 Å². The molecule has 1 saturated heterocycles. The molecule has 1 fully saturated rings. The van der Waals surface area contributed by atoms with Crippen LogP contribution in [0.4, 0.5) is 0 Å². The SMILES string of the molecule is CN(CCC(O)C(C)(C)C)CC1CCCN1C. The number of hydrogen-bond donors (Lipinski definition) is 1. The maximum atomic E-state index is 10.0. The van der Waals surface area contributed by atoms with Gasteiger partial charge in [0.2, 0.25) is 0 Å². The number of nitrogens with zero attached hydrogens (tertiary/aromatic N) is 2. The van der Waals surface area contributed by atoms with E-state index in [4.69, 9.17) is 0 Å². The van der Waals surface area contributed by atoms with Crippen molar-refractivity contribution in [3.05, 3.63) is 0 Å². The van der Waals surface area contributed by atoms with Gasteiger partial charge in [-0.2, -0.15) is 0 Å². The number of aliphatic hydroxyl groups excluding tert-OH is 1. The highest BCUT2D eigenvalue weighted by molar-refractivity contribution is 4.80. The van der Waals surface area contributed by atoms with E-state index in [0.29, 0.717) is 6.04 Å². The Balaban J connectivity index is 2.23. The molecule has 0 saturated carbocycles. The summed E-state index contributed by atoms with van der Waals surface area (Å²) in [5.74, 6) is 0. The van der Waals surface area contributed by atoms with E-state index in [-0.39, 0.29) is 11.5 Å². The third-order valence-corrected chi connectivity index (χ3v) is 3.98. The number of rotatable bonds is 5. The van der Waals surface area contributed by atoms with E-state index in [0.717, 1.165) is 19.5 Å². The maximum Gasteiger partial charge on any atom is 0.0600 e. The highest BCUT2D eigenvalue weighted by Gasteiger charge is 2.24. The van der Waals surface area contributed by atoms with Gasteiger partial charge in [0.25, 0.3) is 0 Å². The van der Waals surface area contributed by atoms with Crippen molar-refractivity contribution in [3.63, 3.8) is 0 Å². The molecule has 0 amide bonds. The Hall–Kier alpha value is -0.120. The topological polar surface area (TPSA) is 26.7 Å². The smallest absolute Gasteiger partial charge is 0.0600 e. The van der Waals surface area contributed by atoms with Crippen LogP contribution in [0.25, 0.3) is 0 Å². The first kappa shape index (κ1) is 14.9. The first-order chi connectivity index (χ1) is 7.80. The van der Waals surface area contributed by atoms with Crippen molar-refractivity contribution in [1.82, 2.24) is 9.80 Å². The number of likely N-dealkylation sites (N-methyl/N-ethyl adjacent to an activating group) is 2. The Labute approximate surface area is 107 Å². The minimum Gasteiger partial charge on any atom is -0.393 e. The summed E-state index contributed by atoms with van der Waals surface area (Å²) >= 11 is 0. The lowest BCUT2D eigenvalue weighted by Crippen LogP contribution is -2.38. The molecule has 0 aromatic carbocycles. The van der Waals surface area contributed by atoms with Gasteiger partial charge < -0.3 is 14.9 Å². The number of aliphatic hydroxyl groups is 1. The fraction of sp³-hybridized carbons (Fsp3) is 1.00. The zero-order chi connectivity index (χ0) is 13.1. The van der Waals surface area contributed by atoms with E-state index in [1.807, 2.05) is 0 Å². The highest BCUT2D eigenvalue weighted by atomic mass is 16.3. The zero-order valence-electron chi connectivity index (χ0n) is 12.2. The molecule has 1 aliphatic rings. The fourth-order valence-corrected chi connectivity index (χ4v) is 2.44. The molecule has 0 aromatic heterocycles. The summed E-state index contributed by atoms with van der Waals surface area (Å²) in [5, 5.41) is 10.0. The highest BCUT2D eigenvalue weighted by Crippen LogP contribution is 2.22. The molecule has 1 N–H and O–H groups in total. The second-order valence-corrected chi connectivity index (χ2v) is 6.71. The van der Waals surface area contributed by atoms with E-state index >= 15 is 0 Å². The Morgan fingerprint density at radius 1 is 1.41 bits per heavy atom. The van der Waals surface area contributed by atoms with Crippen LogP contribution in [0.5, 0.6) is 0 Å². The summed E-state index contributed by atoms with van der Waals surface area (Å²) in [7, 11) is 4.39. The lowest BCUT2D eigenvalue weighted by atomic mass is 9.87. The minimum absolute atomic E-state index is 0.00495. The Kier molecular flexibility index (Phi) is 5.42. The monoisotopic (exact) mass is 242 g/mol. The molecular weight excluding hydrogens is 212 g/mol. The quantitative estimate of drug-likeness (QED) is 0.796. The molecule has 0 radical (unpaired) electrons. The van der Waals surface area contributed by atoms with Crippen LogP contribution in [0.15, 0.2) is 0 Å². The predicted molar refractivity (Wildman–Crippen MR) is 73.2 cm³/mol. The van der Waals surface area contributed by atoms with Gasteiger partial charge in [-0.3, -0.25) is 0 Å². The Bertz CT molecular complexity index is 225. The van der Waals surface area contributed by atoms with Crippen molar-refractivity contribution in [1.29, 1.82) is 0 Å². The molecule has 0 aromatic rings. The molecule has 3 nitrogen and oxygen atoms in total. The van der Waals surface area contributed by atoms with Crippen LogP contribution in [-0.2, 0) is 0 Å². The Morgan fingerprint density at radius 2 is 2.06 bits per heavy atom. The lowest BCUT2D eigenvalue weighted by molar-refractivity contribution is 0.0462. The van der Waals surface area contributed by atoms with Crippen molar-refractivity contribution in [2.45, 2.75) is 52.2 Å². The van der Waals surface area contributed by atoms with Crippen LogP contribution in [0, 0.1) is 5.41 Å². The largest absolute Gasteiger partial charge is 0.393 e. The van der Waals surface area contributed by atoms with E-state index < -0.39 is 0 Å². The van der Waals surface area contributed by atoms with Crippen molar-refractivity contribution in [2.75, 3.05) is 33.7 Å². The molecule has 0 aliphatic carbocycles. The maximum absolute atomic E-state index is 10.0. The van der Waals surface area contributed by atoms with Gasteiger partial charge in [0.1, 0.15) is 0 Å². The second-order valence-electron chi connectivity index (χ2n) is 6.71. The lowest BCUT2D eigenvalue weighted by Gasteiger charge is -2.30. The Morgan fingerprint density at radius 3 is 2.53 bits per heavy atom. The van der Waals surface area contributed by atoms with E-state index in [1.165, 1.54) is 19.4 Å². The van der Waals surface area contributed by atoms with E-state index in [9.17, 15) is 5.11 Å². The summed E-state index contributed by atoms with van der Waals surface area (Å²) in [6, 6.07) is 0.715. The van der Waals surface area contributed by atoms with Gasteiger partial charge in [0, 0.05) is 19.1 Å². The van der Waals surface area contributed by atoms with Gasteiger partial charge >= 0.3 is 0 Å². The molecule has 102 valence electrons. The summed E-state index contributed by atoms with van der Waals surface area (Å²) in [6.45, 7) is 9.66. The first-order valence-electron chi connectivity index (χ1n) is 6.87. The van der Waals surface area contributed by atoms with Gasteiger partial charge in [-0.15, -0.1) is 0 Å². The van der Waals surface area contributed by atoms with Crippen LogP contribution in [0.1, 0.15) is 40.0 Å². The van der Waals surface area contributed by atoms with Gasteiger partial charge in [0.15, 0.2) is 0 Å². The summed E-state index contributed by atoms with van der Waals surface area (Å²) < 4.78 is 0. The first-order valence-corrected chi connectivity index (χ1v) is 6.87. The van der Waals surface area contributed by atoms with Crippen LogP contribution in [-0.4, -0.2) is 60.8 Å². The summed E-state index contributed by atoms with van der Waals surface area (Å²) in [4.78, 5) is 4.82. The molecule has 17 heavy (non-hydrogen) atoms. The van der Waals surface area contributed by atoms with Gasteiger partial charge in [0.05, 0.1) is 6.10 Å². The second kappa shape index (κ2) is 6.17. The standard InChI is InChI=1S/C14H30N2O/c1-14(2,3)13(17)8-10-15(4)11-12-7-6-9-16(12)5/h12-13,17H,6-11H2,1-5H3. The van der Waals surface area contributed by atoms with Gasteiger partial charge in [-0.25, -0.2) is 0 Å². The van der Waals surface area contributed by atoms with Crippen molar-refractivity contribution < 1.29 is 5.11 Å². The summed E-state index contributed by atoms with van der Waals surface area (Å²) in [6.07, 6.45) is 3.32. The number of hydrogen-bond acceptors (Lipinski definition) is 3. The summed E-state index contributed by atoms with van der Waals surface area (Å²) in [5.41, 5.74) is 0.00495.